The highest BCUT2D eigenvalue weighted by atomic mass is 16.3. The maximum atomic E-state index is 6.99. The first-order valence-electron chi connectivity index (χ1n) is 23.3. The van der Waals surface area contributed by atoms with Crippen LogP contribution in [0.15, 0.2) is 241 Å². The van der Waals surface area contributed by atoms with Gasteiger partial charge in [-0.15, -0.1) is 0 Å². The zero-order valence-corrected chi connectivity index (χ0v) is 37.2. The Kier molecular flexibility index (Phi) is 8.79. The molecule has 0 saturated carbocycles. The minimum Gasteiger partial charge on any atom is -0.456 e. The molecule has 14 aromatic rings. The fourth-order valence-corrected chi connectivity index (χ4v) is 10.4. The SMILES string of the molecule is c1ccc(-c2cc(-c3nc(-c4ccccc4)nc(-c4ccccc4)n3)c3c(c2)oc2cc(-n4c5ccccc5c5ccc(-c6ccc7c(c6)c6ccccc6n7-c6ccccc6)cc54)ccc23)cc1. The molecule has 0 fully saturated rings. The standard InChI is InChI=1S/C63H39N5O/c1-5-17-40(18-6-1)45-36-53(63-65-61(41-19-7-2-8-20-41)64-62(66-63)42-21-9-3-10-22-42)60-51-33-31-47(39-58(51)69-59(60)38-45)68-54-27-15-13-25-48(54)50-32-29-44(37-57(50)68)43-30-34-56-52(35-43)49-26-14-16-28-55(49)67(56)46-23-11-4-12-24-46/h1-39H. The van der Waals surface area contributed by atoms with Gasteiger partial charge in [0.05, 0.1) is 22.1 Å². The van der Waals surface area contributed by atoms with Gasteiger partial charge in [0.25, 0.3) is 0 Å². The zero-order valence-electron chi connectivity index (χ0n) is 37.2. The van der Waals surface area contributed by atoms with Gasteiger partial charge in [0.1, 0.15) is 11.2 Å². The maximum Gasteiger partial charge on any atom is 0.164 e. The van der Waals surface area contributed by atoms with Gasteiger partial charge >= 0.3 is 0 Å². The van der Waals surface area contributed by atoms with Crippen LogP contribution in [0.3, 0.4) is 0 Å². The van der Waals surface area contributed by atoms with Crippen molar-refractivity contribution in [1.82, 2.24) is 24.1 Å². The molecule has 4 aromatic heterocycles. The second-order valence-corrected chi connectivity index (χ2v) is 17.6. The molecule has 0 radical (unpaired) electrons. The predicted octanol–water partition coefficient (Wildman–Crippen LogP) is 16.3. The van der Waals surface area contributed by atoms with Crippen LogP contribution in [0.1, 0.15) is 0 Å². The van der Waals surface area contributed by atoms with Gasteiger partial charge in [-0.2, -0.15) is 0 Å². The van der Waals surface area contributed by atoms with Crippen molar-refractivity contribution in [2.45, 2.75) is 0 Å². The van der Waals surface area contributed by atoms with Crippen molar-refractivity contribution in [2.75, 3.05) is 0 Å². The predicted molar refractivity (Wildman–Crippen MR) is 283 cm³/mol. The van der Waals surface area contributed by atoms with E-state index >= 15 is 0 Å². The van der Waals surface area contributed by atoms with E-state index in [1.54, 1.807) is 0 Å². The molecule has 10 aromatic carbocycles. The van der Waals surface area contributed by atoms with Gasteiger partial charge in [-0.3, -0.25) is 0 Å². The Hall–Kier alpha value is -9.39. The molecule has 0 aliphatic rings. The van der Waals surface area contributed by atoms with Gasteiger partial charge in [-0.05, 0) is 89.0 Å². The molecule has 6 nitrogen and oxygen atoms in total. The van der Waals surface area contributed by atoms with Crippen molar-refractivity contribution < 1.29 is 4.42 Å². The lowest BCUT2D eigenvalue weighted by Crippen LogP contribution is -2.00. The minimum atomic E-state index is 0.579. The summed E-state index contributed by atoms with van der Waals surface area (Å²) < 4.78 is 11.7. The van der Waals surface area contributed by atoms with Crippen molar-refractivity contribution in [1.29, 1.82) is 0 Å². The summed E-state index contributed by atoms with van der Waals surface area (Å²) in [5.74, 6) is 1.80. The molecule has 0 saturated heterocycles. The smallest absolute Gasteiger partial charge is 0.164 e. The second kappa shape index (κ2) is 15.6. The Morgan fingerprint density at radius 1 is 0.275 bits per heavy atom. The number of hydrogen-bond donors (Lipinski definition) is 0. The van der Waals surface area contributed by atoms with E-state index in [0.717, 1.165) is 83.3 Å². The van der Waals surface area contributed by atoms with Gasteiger partial charge in [0, 0.05) is 66.4 Å². The molecule has 0 amide bonds. The molecule has 0 aliphatic heterocycles. The largest absolute Gasteiger partial charge is 0.456 e. The van der Waals surface area contributed by atoms with Gasteiger partial charge in [-0.1, -0.05) is 164 Å². The summed E-state index contributed by atoms with van der Waals surface area (Å²) in [6.45, 7) is 0. The summed E-state index contributed by atoms with van der Waals surface area (Å²) in [5.41, 5.74) is 15.4. The van der Waals surface area contributed by atoms with Gasteiger partial charge in [0.15, 0.2) is 17.5 Å². The molecule has 0 N–H and O–H groups in total. The highest BCUT2D eigenvalue weighted by Crippen LogP contribution is 2.43. The first-order chi connectivity index (χ1) is 34.2. The third-order valence-electron chi connectivity index (χ3n) is 13.6. The Balaban J connectivity index is 0.959. The summed E-state index contributed by atoms with van der Waals surface area (Å²) in [6.07, 6.45) is 0. The number of furan rings is 1. The first-order valence-corrected chi connectivity index (χ1v) is 23.3. The fourth-order valence-electron chi connectivity index (χ4n) is 10.4. The van der Waals surface area contributed by atoms with E-state index in [2.05, 4.69) is 179 Å². The molecule has 0 atom stereocenters. The maximum absolute atomic E-state index is 6.99. The number of aromatic nitrogens is 5. The summed E-state index contributed by atoms with van der Waals surface area (Å²) in [6, 6.07) is 83.4. The van der Waals surface area contributed by atoms with Crippen LogP contribution in [0, 0.1) is 0 Å². The number of hydrogen-bond acceptors (Lipinski definition) is 4. The molecule has 0 spiro atoms. The van der Waals surface area contributed by atoms with Gasteiger partial charge in [-0.25, -0.2) is 15.0 Å². The molecule has 6 heteroatoms. The van der Waals surface area contributed by atoms with Crippen LogP contribution in [-0.2, 0) is 0 Å². The number of fused-ring (bicyclic) bond motifs is 9. The molecule has 322 valence electrons. The highest BCUT2D eigenvalue weighted by molar-refractivity contribution is 6.15. The zero-order chi connectivity index (χ0) is 45.4. The lowest BCUT2D eigenvalue weighted by atomic mass is 9.98. The monoisotopic (exact) mass is 881 g/mol. The third-order valence-corrected chi connectivity index (χ3v) is 13.6. The van der Waals surface area contributed by atoms with E-state index in [4.69, 9.17) is 19.4 Å². The van der Waals surface area contributed by atoms with Crippen LogP contribution in [0.25, 0.3) is 133 Å². The molecule has 0 aliphatic carbocycles. The molecule has 4 heterocycles. The number of nitrogens with zero attached hydrogens (tertiary/aromatic N) is 5. The molecule has 0 unspecified atom stereocenters. The topological polar surface area (TPSA) is 61.7 Å². The summed E-state index contributed by atoms with van der Waals surface area (Å²) in [4.78, 5) is 15.4. The average Bonchev–Trinajstić information content (AvgIpc) is 4.08. The quantitative estimate of drug-likeness (QED) is 0.160. The van der Waals surface area contributed by atoms with Gasteiger partial charge < -0.3 is 13.6 Å². The summed E-state index contributed by atoms with van der Waals surface area (Å²) in [5, 5.41) is 6.77. The average molecular weight is 882 g/mol. The van der Waals surface area contributed by atoms with Crippen LogP contribution in [-0.4, -0.2) is 24.1 Å². The fraction of sp³-hybridized carbons (Fsp3) is 0. The molecular formula is C63H39N5O. The third kappa shape index (κ3) is 6.38. The van der Waals surface area contributed by atoms with E-state index in [1.807, 2.05) is 66.7 Å². The van der Waals surface area contributed by atoms with Crippen LogP contribution >= 0.6 is 0 Å². The number of benzene rings is 10. The summed E-state index contributed by atoms with van der Waals surface area (Å²) in [7, 11) is 0. The van der Waals surface area contributed by atoms with Crippen molar-refractivity contribution in [3.05, 3.63) is 237 Å². The molecular weight excluding hydrogens is 843 g/mol. The van der Waals surface area contributed by atoms with E-state index < -0.39 is 0 Å². The lowest BCUT2D eigenvalue weighted by Gasteiger charge is -2.11. The normalized spacial score (nSPS) is 11.8. The van der Waals surface area contributed by atoms with Crippen LogP contribution in [0.2, 0.25) is 0 Å². The Labute approximate surface area is 396 Å². The Morgan fingerprint density at radius 2 is 0.783 bits per heavy atom. The number of rotatable bonds is 7. The van der Waals surface area contributed by atoms with Crippen molar-refractivity contribution in [3.8, 4) is 67.8 Å². The lowest BCUT2D eigenvalue weighted by molar-refractivity contribution is 0.669. The van der Waals surface area contributed by atoms with Crippen molar-refractivity contribution in [2.24, 2.45) is 0 Å². The van der Waals surface area contributed by atoms with E-state index in [-0.39, 0.29) is 0 Å². The molecule has 69 heavy (non-hydrogen) atoms. The second-order valence-electron chi connectivity index (χ2n) is 17.6. The van der Waals surface area contributed by atoms with E-state index in [9.17, 15) is 0 Å². The Bertz CT molecular complexity index is 4230. The summed E-state index contributed by atoms with van der Waals surface area (Å²) >= 11 is 0. The molecule has 0 bridgehead atoms. The molecule has 14 rings (SSSR count). The van der Waals surface area contributed by atoms with Crippen LogP contribution in [0.4, 0.5) is 0 Å². The first kappa shape index (κ1) is 38.8. The van der Waals surface area contributed by atoms with Crippen molar-refractivity contribution in [3.63, 3.8) is 0 Å². The van der Waals surface area contributed by atoms with Crippen LogP contribution < -0.4 is 0 Å². The minimum absolute atomic E-state index is 0.579. The Morgan fingerprint density at radius 3 is 1.46 bits per heavy atom. The van der Waals surface area contributed by atoms with E-state index in [0.29, 0.717) is 17.5 Å². The van der Waals surface area contributed by atoms with Crippen molar-refractivity contribution >= 4 is 65.6 Å². The van der Waals surface area contributed by atoms with Crippen LogP contribution in [0.5, 0.6) is 0 Å². The number of para-hydroxylation sites is 3. The highest BCUT2D eigenvalue weighted by Gasteiger charge is 2.22. The van der Waals surface area contributed by atoms with Gasteiger partial charge in [0.2, 0.25) is 0 Å². The van der Waals surface area contributed by atoms with E-state index in [1.165, 1.54) is 32.6 Å².